The highest BCUT2D eigenvalue weighted by Gasteiger charge is 2.22. The Morgan fingerprint density at radius 3 is 2.47 bits per heavy atom. The molecule has 15 heavy (non-hydrogen) atoms. The van der Waals surface area contributed by atoms with Gasteiger partial charge < -0.3 is 10.5 Å². The summed E-state index contributed by atoms with van der Waals surface area (Å²) in [5.74, 6) is -0.199. The molecule has 1 aromatic carbocycles. The van der Waals surface area contributed by atoms with Gasteiger partial charge in [-0.25, -0.2) is 4.39 Å². The third kappa shape index (κ3) is 2.46. The number of carbonyl (C=O) groups is 1. The van der Waals surface area contributed by atoms with Gasteiger partial charge in [-0.1, -0.05) is 20.8 Å². The van der Waals surface area contributed by atoms with Gasteiger partial charge in [0.25, 0.3) is 6.47 Å². The van der Waals surface area contributed by atoms with E-state index < -0.39 is 5.82 Å². The number of ether oxygens (including phenoxy) is 1. The summed E-state index contributed by atoms with van der Waals surface area (Å²) >= 11 is 0. The predicted molar refractivity (Wildman–Crippen MR) is 56.2 cm³/mol. The van der Waals surface area contributed by atoms with Crippen LogP contribution in [-0.4, -0.2) is 6.47 Å². The highest BCUT2D eigenvalue weighted by molar-refractivity contribution is 5.63. The Bertz CT molecular complexity index is 383. The molecule has 0 amide bonds. The molecule has 0 heterocycles. The van der Waals surface area contributed by atoms with Crippen LogP contribution in [0, 0.1) is 5.82 Å². The minimum absolute atomic E-state index is 0.132. The second-order valence-electron chi connectivity index (χ2n) is 4.34. The van der Waals surface area contributed by atoms with Gasteiger partial charge in [0.05, 0.1) is 5.69 Å². The Morgan fingerprint density at radius 2 is 2.00 bits per heavy atom. The molecule has 1 rings (SSSR count). The first-order valence-corrected chi connectivity index (χ1v) is 4.56. The molecule has 0 fully saturated rings. The quantitative estimate of drug-likeness (QED) is 0.603. The monoisotopic (exact) mass is 211 g/mol. The van der Waals surface area contributed by atoms with Gasteiger partial charge in [0.15, 0.2) is 5.75 Å². The van der Waals surface area contributed by atoms with Crippen molar-refractivity contribution in [3.63, 3.8) is 0 Å². The van der Waals surface area contributed by atoms with Crippen molar-refractivity contribution in [1.29, 1.82) is 0 Å². The standard InChI is InChI=1S/C11H14FNO2/c1-11(2,3)8-4-7(12)5-9(13)10(8)15-6-14/h4-6H,13H2,1-3H3. The highest BCUT2D eigenvalue weighted by Crippen LogP contribution is 2.36. The summed E-state index contributed by atoms with van der Waals surface area (Å²) in [4.78, 5) is 10.3. The van der Waals surface area contributed by atoms with Crippen LogP contribution in [0.4, 0.5) is 10.1 Å². The van der Waals surface area contributed by atoms with Crippen LogP contribution in [0.1, 0.15) is 26.3 Å². The lowest BCUT2D eigenvalue weighted by Gasteiger charge is -2.22. The van der Waals surface area contributed by atoms with Crippen molar-refractivity contribution < 1.29 is 13.9 Å². The van der Waals surface area contributed by atoms with E-state index in [2.05, 4.69) is 0 Å². The van der Waals surface area contributed by atoms with Crippen molar-refractivity contribution in [2.24, 2.45) is 0 Å². The number of rotatable bonds is 2. The van der Waals surface area contributed by atoms with Crippen LogP contribution in [0.15, 0.2) is 12.1 Å². The topological polar surface area (TPSA) is 52.3 Å². The SMILES string of the molecule is CC(C)(C)c1cc(F)cc(N)c1OC=O. The first-order valence-electron chi connectivity index (χ1n) is 4.56. The van der Waals surface area contributed by atoms with Crippen LogP contribution in [0.2, 0.25) is 0 Å². The fraction of sp³-hybridized carbons (Fsp3) is 0.364. The Morgan fingerprint density at radius 1 is 1.40 bits per heavy atom. The molecule has 0 aliphatic carbocycles. The molecule has 4 heteroatoms. The van der Waals surface area contributed by atoms with E-state index in [1.807, 2.05) is 20.8 Å². The van der Waals surface area contributed by atoms with Gasteiger partial charge in [0, 0.05) is 11.6 Å². The van der Waals surface area contributed by atoms with Crippen LogP contribution in [0.3, 0.4) is 0 Å². The molecule has 0 unspecified atom stereocenters. The van der Waals surface area contributed by atoms with E-state index in [1.54, 1.807) is 0 Å². The van der Waals surface area contributed by atoms with Gasteiger partial charge >= 0.3 is 0 Å². The molecular weight excluding hydrogens is 197 g/mol. The Kier molecular flexibility index (Phi) is 2.98. The molecule has 0 bridgehead atoms. The number of carbonyl (C=O) groups excluding carboxylic acids is 1. The molecule has 2 N–H and O–H groups in total. The largest absolute Gasteiger partial charge is 0.426 e. The zero-order valence-electron chi connectivity index (χ0n) is 9.00. The van der Waals surface area contributed by atoms with E-state index >= 15 is 0 Å². The molecular formula is C11H14FNO2. The molecule has 0 aliphatic heterocycles. The van der Waals surface area contributed by atoms with Crippen molar-refractivity contribution in [3.05, 3.63) is 23.5 Å². The maximum atomic E-state index is 13.2. The Hall–Kier alpha value is -1.58. The minimum atomic E-state index is -0.435. The number of hydrogen-bond acceptors (Lipinski definition) is 3. The van der Waals surface area contributed by atoms with Crippen LogP contribution in [0.25, 0.3) is 0 Å². The van der Waals surface area contributed by atoms with E-state index in [9.17, 15) is 9.18 Å². The third-order valence-electron chi connectivity index (χ3n) is 2.06. The first kappa shape index (κ1) is 11.5. The van der Waals surface area contributed by atoms with Crippen LogP contribution in [-0.2, 0) is 10.2 Å². The molecule has 0 saturated carbocycles. The van der Waals surface area contributed by atoms with Gasteiger partial charge in [-0.15, -0.1) is 0 Å². The Labute approximate surface area is 88.0 Å². The summed E-state index contributed by atoms with van der Waals surface area (Å²) in [7, 11) is 0. The second kappa shape index (κ2) is 3.88. The zero-order valence-corrected chi connectivity index (χ0v) is 9.00. The van der Waals surface area contributed by atoms with Gasteiger partial charge in [0.2, 0.25) is 0 Å². The lowest BCUT2D eigenvalue weighted by molar-refractivity contribution is -0.120. The number of halogens is 1. The van der Waals surface area contributed by atoms with Gasteiger partial charge in [-0.3, -0.25) is 4.79 Å². The number of nitrogens with two attached hydrogens (primary N) is 1. The second-order valence-corrected chi connectivity index (χ2v) is 4.34. The van der Waals surface area contributed by atoms with Crippen molar-refractivity contribution >= 4 is 12.2 Å². The first-order chi connectivity index (χ1) is 6.86. The fourth-order valence-electron chi connectivity index (χ4n) is 1.35. The molecule has 1 aromatic rings. The molecule has 0 saturated heterocycles. The normalized spacial score (nSPS) is 11.2. The maximum absolute atomic E-state index is 13.2. The van der Waals surface area contributed by atoms with E-state index in [-0.39, 0.29) is 16.9 Å². The van der Waals surface area contributed by atoms with Gasteiger partial charge in [0.1, 0.15) is 5.82 Å². The summed E-state index contributed by atoms with van der Waals surface area (Å²) in [5, 5.41) is 0. The minimum Gasteiger partial charge on any atom is -0.426 e. The Balaban J connectivity index is 3.39. The average Bonchev–Trinajstić information content (AvgIpc) is 2.07. The lowest BCUT2D eigenvalue weighted by atomic mass is 9.86. The average molecular weight is 211 g/mol. The molecule has 0 radical (unpaired) electrons. The number of nitrogen functional groups attached to an aromatic ring is 1. The van der Waals surface area contributed by atoms with Crippen molar-refractivity contribution in [3.8, 4) is 5.75 Å². The molecule has 82 valence electrons. The van der Waals surface area contributed by atoms with Crippen LogP contribution < -0.4 is 10.5 Å². The maximum Gasteiger partial charge on any atom is 0.298 e. The zero-order chi connectivity index (χ0) is 11.6. The van der Waals surface area contributed by atoms with Gasteiger partial charge in [-0.2, -0.15) is 0 Å². The van der Waals surface area contributed by atoms with E-state index in [1.165, 1.54) is 6.07 Å². The lowest BCUT2D eigenvalue weighted by Crippen LogP contribution is -2.15. The number of hydrogen-bond donors (Lipinski definition) is 1. The van der Waals surface area contributed by atoms with E-state index in [0.29, 0.717) is 12.0 Å². The van der Waals surface area contributed by atoms with Crippen molar-refractivity contribution in [2.45, 2.75) is 26.2 Å². The van der Waals surface area contributed by atoms with Crippen molar-refractivity contribution in [1.82, 2.24) is 0 Å². The van der Waals surface area contributed by atoms with Crippen molar-refractivity contribution in [2.75, 3.05) is 5.73 Å². The predicted octanol–water partition coefficient (Wildman–Crippen LogP) is 2.24. The highest BCUT2D eigenvalue weighted by atomic mass is 19.1. The molecule has 3 nitrogen and oxygen atoms in total. The summed E-state index contributed by atoms with van der Waals surface area (Å²) in [5.41, 5.74) is 5.95. The third-order valence-corrected chi connectivity index (χ3v) is 2.06. The summed E-state index contributed by atoms with van der Waals surface area (Å²) in [6, 6.07) is 2.46. The summed E-state index contributed by atoms with van der Waals surface area (Å²) in [6.45, 7) is 5.95. The fourth-order valence-corrected chi connectivity index (χ4v) is 1.35. The van der Waals surface area contributed by atoms with Crippen LogP contribution in [0.5, 0.6) is 5.75 Å². The van der Waals surface area contributed by atoms with Crippen LogP contribution >= 0.6 is 0 Å². The summed E-state index contributed by atoms with van der Waals surface area (Å²) in [6.07, 6.45) is 0. The number of anilines is 1. The van der Waals surface area contributed by atoms with E-state index in [4.69, 9.17) is 10.5 Å². The smallest absolute Gasteiger partial charge is 0.298 e. The molecule has 0 spiro atoms. The molecule has 0 aromatic heterocycles. The van der Waals surface area contributed by atoms with Gasteiger partial charge in [-0.05, 0) is 11.5 Å². The van der Waals surface area contributed by atoms with E-state index in [0.717, 1.165) is 6.07 Å². The molecule has 0 atom stereocenters. The summed E-state index contributed by atoms with van der Waals surface area (Å²) < 4.78 is 17.9. The number of benzene rings is 1. The molecule has 0 aliphatic rings.